The largest absolute Gasteiger partial charge is 0.474 e. The van der Waals surface area contributed by atoms with Crippen LogP contribution in [0.3, 0.4) is 0 Å². The number of hydrogen-bond donors (Lipinski definition) is 2. The summed E-state index contributed by atoms with van der Waals surface area (Å²) in [7, 11) is 0. The molecule has 7 nitrogen and oxygen atoms in total. The SMILES string of the molecule is O=C(O)N[C@H]1CC[C@H](Oc2ccnc(-c3ccncc3)n2)CC1. The fourth-order valence-corrected chi connectivity index (χ4v) is 2.72. The van der Waals surface area contributed by atoms with Gasteiger partial charge >= 0.3 is 6.09 Å². The lowest BCUT2D eigenvalue weighted by Crippen LogP contribution is -2.39. The van der Waals surface area contributed by atoms with E-state index in [0.717, 1.165) is 31.2 Å². The van der Waals surface area contributed by atoms with Crippen molar-refractivity contribution >= 4 is 6.09 Å². The first-order valence-electron chi connectivity index (χ1n) is 7.60. The van der Waals surface area contributed by atoms with Crippen LogP contribution in [0.15, 0.2) is 36.8 Å². The molecule has 2 N–H and O–H groups in total. The first-order chi connectivity index (χ1) is 11.2. The van der Waals surface area contributed by atoms with Crippen LogP contribution in [0.5, 0.6) is 5.88 Å². The monoisotopic (exact) mass is 314 g/mol. The maximum absolute atomic E-state index is 10.6. The third-order valence-corrected chi connectivity index (χ3v) is 3.86. The van der Waals surface area contributed by atoms with E-state index in [4.69, 9.17) is 9.84 Å². The Morgan fingerprint density at radius 2 is 1.87 bits per heavy atom. The molecule has 2 heterocycles. The average Bonchev–Trinajstić information content (AvgIpc) is 2.57. The highest BCUT2D eigenvalue weighted by atomic mass is 16.5. The van der Waals surface area contributed by atoms with E-state index in [2.05, 4.69) is 20.3 Å². The lowest BCUT2D eigenvalue weighted by molar-refractivity contribution is 0.130. The molecule has 0 radical (unpaired) electrons. The smallest absolute Gasteiger partial charge is 0.404 e. The number of carbonyl (C=O) groups is 1. The molecule has 1 aliphatic carbocycles. The first kappa shape index (κ1) is 15.2. The Labute approximate surface area is 133 Å². The number of rotatable bonds is 4. The van der Waals surface area contributed by atoms with Crippen molar-refractivity contribution in [2.24, 2.45) is 0 Å². The summed E-state index contributed by atoms with van der Waals surface area (Å²) in [5.41, 5.74) is 0.889. The Bertz CT molecular complexity index is 657. The Morgan fingerprint density at radius 1 is 1.13 bits per heavy atom. The molecule has 1 fully saturated rings. The predicted molar refractivity (Wildman–Crippen MR) is 83.1 cm³/mol. The van der Waals surface area contributed by atoms with Gasteiger partial charge in [-0.15, -0.1) is 0 Å². The maximum Gasteiger partial charge on any atom is 0.404 e. The van der Waals surface area contributed by atoms with Crippen molar-refractivity contribution in [2.45, 2.75) is 37.8 Å². The zero-order valence-corrected chi connectivity index (χ0v) is 12.6. The molecule has 0 saturated heterocycles. The van der Waals surface area contributed by atoms with E-state index in [-0.39, 0.29) is 12.1 Å². The molecule has 23 heavy (non-hydrogen) atoms. The van der Waals surface area contributed by atoms with Crippen molar-refractivity contribution in [2.75, 3.05) is 0 Å². The summed E-state index contributed by atoms with van der Waals surface area (Å²) in [6.07, 6.45) is 7.33. The number of carboxylic acid groups (broad SMARTS) is 1. The average molecular weight is 314 g/mol. The number of nitrogens with one attached hydrogen (secondary N) is 1. The Morgan fingerprint density at radius 3 is 2.57 bits per heavy atom. The van der Waals surface area contributed by atoms with E-state index in [1.165, 1.54) is 0 Å². The second kappa shape index (κ2) is 7.04. The third kappa shape index (κ3) is 4.15. The molecule has 0 aromatic carbocycles. The Hall–Kier alpha value is -2.70. The van der Waals surface area contributed by atoms with E-state index in [1.54, 1.807) is 24.7 Å². The highest BCUT2D eigenvalue weighted by molar-refractivity contribution is 5.64. The lowest BCUT2D eigenvalue weighted by atomic mass is 9.93. The van der Waals surface area contributed by atoms with Crippen LogP contribution in [-0.4, -0.2) is 38.3 Å². The molecule has 3 rings (SSSR count). The third-order valence-electron chi connectivity index (χ3n) is 3.86. The van der Waals surface area contributed by atoms with Gasteiger partial charge in [0, 0.05) is 36.3 Å². The van der Waals surface area contributed by atoms with Crippen molar-refractivity contribution < 1.29 is 14.6 Å². The van der Waals surface area contributed by atoms with Gasteiger partial charge in [-0.25, -0.2) is 9.78 Å². The molecule has 120 valence electrons. The fraction of sp³-hybridized carbons (Fsp3) is 0.375. The molecular formula is C16H18N4O3. The van der Waals surface area contributed by atoms with E-state index < -0.39 is 6.09 Å². The number of nitrogens with zero attached hydrogens (tertiary/aromatic N) is 3. The zero-order chi connectivity index (χ0) is 16.1. The van der Waals surface area contributed by atoms with Crippen molar-refractivity contribution in [1.29, 1.82) is 0 Å². The molecule has 0 aliphatic heterocycles. The molecule has 0 unspecified atom stereocenters. The van der Waals surface area contributed by atoms with Crippen molar-refractivity contribution in [1.82, 2.24) is 20.3 Å². The summed E-state index contributed by atoms with van der Waals surface area (Å²) in [6.45, 7) is 0. The van der Waals surface area contributed by atoms with Gasteiger partial charge in [-0.3, -0.25) is 4.98 Å². The maximum atomic E-state index is 10.6. The Kier molecular flexibility index (Phi) is 4.65. The minimum absolute atomic E-state index is 0.0186. The molecular weight excluding hydrogens is 296 g/mol. The quantitative estimate of drug-likeness (QED) is 0.900. The number of pyridine rings is 1. The van der Waals surface area contributed by atoms with Gasteiger partial charge in [-0.2, -0.15) is 4.98 Å². The van der Waals surface area contributed by atoms with Gasteiger partial charge in [0.2, 0.25) is 5.88 Å². The van der Waals surface area contributed by atoms with Gasteiger partial charge in [-0.05, 0) is 37.8 Å². The molecule has 1 amide bonds. The van der Waals surface area contributed by atoms with E-state index >= 15 is 0 Å². The molecule has 2 aromatic heterocycles. The predicted octanol–water partition coefficient (Wildman–Crippen LogP) is 2.50. The van der Waals surface area contributed by atoms with Crippen LogP contribution >= 0.6 is 0 Å². The number of amides is 1. The normalized spacial score (nSPS) is 20.7. The van der Waals surface area contributed by atoms with Crippen LogP contribution in [-0.2, 0) is 0 Å². The van der Waals surface area contributed by atoms with Gasteiger partial charge in [-0.1, -0.05) is 0 Å². The van der Waals surface area contributed by atoms with Crippen LogP contribution in [0.25, 0.3) is 11.4 Å². The summed E-state index contributed by atoms with van der Waals surface area (Å²) in [6, 6.07) is 5.46. The molecule has 7 heteroatoms. The topological polar surface area (TPSA) is 97.2 Å². The van der Waals surface area contributed by atoms with Gasteiger partial charge in [0.15, 0.2) is 5.82 Å². The van der Waals surface area contributed by atoms with Crippen LogP contribution in [0, 0.1) is 0 Å². The summed E-state index contributed by atoms with van der Waals surface area (Å²) in [5.74, 6) is 1.15. The highest BCUT2D eigenvalue weighted by Crippen LogP contribution is 2.24. The second-order valence-corrected chi connectivity index (χ2v) is 5.50. The summed E-state index contributed by atoms with van der Waals surface area (Å²) >= 11 is 0. The van der Waals surface area contributed by atoms with Gasteiger partial charge in [0.05, 0.1) is 0 Å². The number of aromatic nitrogens is 3. The standard InChI is InChI=1S/C16H18N4O3/c21-16(22)19-12-1-3-13(4-2-12)23-14-7-10-18-15(20-14)11-5-8-17-9-6-11/h5-10,12-13,19H,1-4H2,(H,21,22)/t12-,13-. The van der Waals surface area contributed by atoms with Crippen molar-refractivity contribution in [3.8, 4) is 17.3 Å². The van der Waals surface area contributed by atoms with Crippen LogP contribution in [0.2, 0.25) is 0 Å². The van der Waals surface area contributed by atoms with Crippen LogP contribution < -0.4 is 10.1 Å². The molecule has 1 aliphatic rings. The lowest BCUT2D eigenvalue weighted by Gasteiger charge is -2.28. The number of ether oxygens (including phenoxy) is 1. The van der Waals surface area contributed by atoms with Crippen molar-refractivity contribution in [3.63, 3.8) is 0 Å². The minimum Gasteiger partial charge on any atom is -0.474 e. The minimum atomic E-state index is -0.966. The van der Waals surface area contributed by atoms with Crippen LogP contribution in [0.1, 0.15) is 25.7 Å². The van der Waals surface area contributed by atoms with Crippen LogP contribution in [0.4, 0.5) is 4.79 Å². The first-order valence-corrected chi connectivity index (χ1v) is 7.60. The molecule has 0 spiro atoms. The van der Waals surface area contributed by atoms with Gasteiger partial charge in [0.1, 0.15) is 6.10 Å². The second-order valence-electron chi connectivity index (χ2n) is 5.50. The molecule has 1 saturated carbocycles. The zero-order valence-electron chi connectivity index (χ0n) is 12.6. The Balaban J connectivity index is 1.60. The molecule has 0 atom stereocenters. The van der Waals surface area contributed by atoms with Crippen molar-refractivity contribution in [3.05, 3.63) is 36.8 Å². The summed E-state index contributed by atoms with van der Waals surface area (Å²) in [4.78, 5) is 23.3. The summed E-state index contributed by atoms with van der Waals surface area (Å²) < 4.78 is 5.93. The number of hydrogen-bond acceptors (Lipinski definition) is 5. The van der Waals surface area contributed by atoms with Gasteiger partial charge in [0.25, 0.3) is 0 Å². The molecule has 0 bridgehead atoms. The van der Waals surface area contributed by atoms with E-state index in [0.29, 0.717) is 11.7 Å². The van der Waals surface area contributed by atoms with Gasteiger partial charge < -0.3 is 15.2 Å². The van der Waals surface area contributed by atoms with E-state index in [1.807, 2.05) is 12.1 Å². The summed E-state index contributed by atoms with van der Waals surface area (Å²) in [5, 5.41) is 11.3. The fourth-order valence-electron chi connectivity index (χ4n) is 2.72. The van der Waals surface area contributed by atoms with E-state index in [9.17, 15) is 4.79 Å². The molecule has 2 aromatic rings. The highest BCUT2D eigenvalue weighted by Gasteiger charge is 2.23.